The number of hydrogen-bond acceptors (Lipinski definition) is 5. The van der Waals surface area contributed by atoms with Crippen LogP contribution in [0.25, 0.3) is 0 Å². The summed E-state index contributed by atoms with van der Waals surface area (Å²) in [6.45, 7) is 3.29. The Hall–Kier alpha value is -3.72. The van der Waals surface area contributed by atoms with Crippen LogP contribution in [0, 0.1) is 12.7 Å². The molecule has 0 aliphatic carbocycles. The van der Waals surface area contributed by atoms with Crippen LogP contribution >= 0.6 is 0 Å². The molecule has 9 heteroatoms. The van der Waals surface area contributed by atoms with E-state index < -0.39 is 33.8 Å². The molecule has 0 saturated heterocycles. The summed E-state index contributed by atoms with van der Waals surface area (Å²) in [7, 11) is -3.89. The number of sulfonamides is 1. The van der Waals surface area contributed by atoms with Crippen molar-refractivity contribution in [1.29, 1.82) is 0 Å². The number of para-hydroxylation sites is 1. The van der Waals surface area contributed by atoms with Crippen LogP contribution in [-0.2, 0) is 26.0 Å². The van der Waals surface area contributed by atoms with Crippen molar-refractivity contribution < 1.29 is 27.1 Å². The summed E-state index contributed by atoms with van der Waals surface area (Å²) in [5, 5.41) is 2.49. The molecular formula is C25H23FN2O5S. The number of fused-ring (bicyclic) bond motifs is 1. The highest BCUT2D eigenvalue weighted by molar-refractivity contribution is 7.92. The van der Waals surface area contributed by atoms with E-state index in [1.165, 1.54) is 53.7 Å². The molecule has 0 fully saturated rings. The van der Waals surface area contributed by atoms with Crippen molar-refractivity contribution in [3.8, 4) is 0 Å². The second-order valence-corrected chi connectivity index (χ2v) is 9.85. The quantitative estimate of drug-likeness (QED) is 0.535. The highest BCUT2D eigenvalue weighted by atomic mass is 32.2. The molecule has 0 spiro atoms. The first-order valence-electron chi connectivity index (χ1n) is 10.7. The van der Waals surface area contributed by atoms with E-state index in [0.717, 1.165) is 5.56 Å². The van der Waals surface area contributed by atoms with Crippen molar-refractivity contribution in [2.24, 2.45) is 0 Å². The number of benzene rings is 3. The third-order valence-corrected chi connectivity index (χ3v) is 7.40. The number of nitrogens with one attached hydrogen (secondary N) is 1. The van der Waals surface area contributed by atoms with Crippen molar-refractivity contribution in [2.45, 2.75) is 31.3 Å². The summed E-state index contributed by atoms with van der Waals surface area (Å²) in [6, 6.07) is 17.0. The van der Waals surface area contributed by atoms with E-state index >= 15 is 0 Å². The monoisotopic (exact) mass is 482 g/mol. The molecule has 7 nitrogen and oxygen atoms in total. The summed E-state index contributed by atoms with van der Waals surface area (Å²) < 4.78 is 46.7. The van der Waals surface area contributed by atoms with Gasteiger partial charge in [-0.3, -0.25) is 9.10 Å². The molecule has 3 aromatic rings. The lowest BCUT2D eigenvalue weighted by molar-refractivity contribution is -0.123. The van der Waals surface area contributed by atoms with Crippen LogP contribution in [0.1, 0.15) is 28.4 Å². The number of rotatable bonds is 6. The average molecular weight is 483 g/mol. The normalized spacial score (nSPS) is 13.8. The van der Waals surface area contributed by atoms with Gasteiger partial charge in [-0.15, -0.1) is 0 Å². The Morgan fingerprint density at radius 3 is 2.59 bits per heavy atom. The number of ether oxygens (including phenoxy) is 1. The van der Waals surface area contributed by atoms with Crippen LogP contribution < -0.4 is 9.62 Å². The number of carbonyl (C=O) groups is 2. The lowest BCUT2D eigenvalue weighted by Crippen LogP contribution is -2.30. The maximum absolute atomic E-state index is 13.7. The van der Waals surface area contributed by atoms with Gasteiger partial charge in [0.2, 0.25) is 0 Å². The number of esters is 1. The van der Waals surface area contributed by atoms with Crippen molar-refractivity contribution in [2.75, 3.05) is 16.2 Å². The number of carbonyl (C=O) groups excluding carboxylic acids is 2. The van der Waals surface area contributed by atoms with Crippen LogP contribution in [0.3, 0.4) is 0 Å². The van der Waals surface area contributed by atoms with Crippen LogP contribution in [0.5, 0.6) is 0 Å². The van der Waals surface area contributed by atoms with E-state index in [1.807, 2.05) is 12.1 Å². The topological polar surface area (TPSA) is 92.8 Å². The Bertz CT molecular complexity index is 1370. The molecule has 4 rings (SSSR count). The van der Waals surface area contributed by atoms with Crippen molar-refractivity contribution in [3.05, 3.63) is 89.2 Å². The third kappa shape index (κ3) is 4.65. The molecule has 1 unspecified atom stereocenters. The Morgan fingerprint density at radius 2 is 1.82 bits per heavy atom. The SMILES string of the molecule is Cc1ccc(NC(=O)C(C)OC(=O)c2cccc(S(=O)(=O)N3CCc4ccccc43)c2)cc1F. The first-order chi connectivity index (χ1) is 16.2. The Kier molecular flexibility index (Phi) is 6.39. The van der Waals surface area contributed by atoms with Crippen molar-refractivity contribution in [3.63, 3.8) is 0 Å². The fourth-order valence-electron chi connectivity index (χ4n) is 3.67. The second kappa shape index (κ2) is 9.26. The lowest BCUT2D eigenvalue weighted by atomic mass is 10.2. The van der Waals surface area contributed by atoms with Gasteiger partial charge in [0.15, 0.2) is 6.10 Å². The predicted molar refractivity (Wildman–Crippen MR) is 126 cm³/mol. The minimum absolute atomic E-state index is 0.00501. The van der Waals surface area contributed by atoms with Crippen molar-refractivity contribution in [1.82, 2.24) is 0 Å². The maximum atomic E-state index is 13.7. The van der Waals surface area contributed by atoms with Gasteiger partial charge >= 0.3 is 5.97 Å². The maximum Gasteiger partial charge on any atom is 0.338 e. The molecule has 34 heavy (non-hydrogen) atoms. The molecular weight excluding hydrogens is 459 g/mol. The first kappa shape index (κ1) is 23.4. The lowest BCUT2D eigenvalue weighted by Gasteiger charge is -2.20. The number of aryl methyl sites for hydroxylation is 1. The van der Waals surface area contributed by atoms with Gasteiger partial charge in [-0.1, -0.05) is 30.3 Å². The first-order valence-corrected chi connectivity index (χ1v) is 12.1. The molecule has 1 aliphatic rings. The van der Waals surface area contributed by atoms with E-state index in [1.54, 1.807) is 19.1 Å². The number of nitrogens with zero attached hydrogens (tertiary/aromatic N) is 1. The standard InChI is InChI=1S/C25H23FN2O5S/c1-16-10-11-20(15-22(16)26)27-24(29)17(2)33-25(30)19-7-5-8-21(14-19)34(31,32)28-13-12-18-6-3-4-9-23(18)28/h3-11,14-15,17H,12-13H2,1-2H3,(H,27,29). The number of halogens is 1. The van der Waals surface area contributed by atoms with Gasteiger partial charge in [0.25, 0.3) is 15.9 Å². The zero-order valence-corrected chi connectivity index (χ0v) is 19.4. The number of amides is 1. The van der Waals surface area contributed by atoms with Gasteiger partial charge in [0, 0.05) is 12.2 Å². The van der Waals surface area contributed by atoms with Gasteiger partial charge in [0.05, 0.1) is 16.1 Å². The summed E-state index contributed by atoms with van der Waals surface area (Å²) >= 11 is 0. The van der Waals surface area contributed by atoms with E-state index in [2.05, 4.69) is 5.32 Å². The molecule has 1 amide bonds. The Labute approximate surface area is 197 Å². The van der Waals surface area contributed by atoms with Crippen LogP contribution in [0.4, 0.5) is 15.8 Å². The third-order valence-electron chi connectivity index (χ3n) is 5.59. The second-order valence-electron chi connectivity index (χ2n) is 7.98. The predicted octanol–water partition coefficient (Wildman–Crippen LogP) is 4.07. The van der Waals surface area contributed by atoms with Gasteiger partial charge in [-0.25, -0.2) is 17.6 Å². The van der Waals surface area contributed by atoms with E-state index in [-0.39, 0.29) is 16.1 Å². The van der Waals surface area contributed by atoms with Gasteiger partial charge in [-0.2, -0.15) is 0 Å². The van der Waals surface area contributed by atoms with E-state index in [0.29, 0.717) is 24.2 Å². The molecule has 0 radical (unpaired) electrons. The highest BCUT2D eigenvalue weighted by Gasteiger charge is 2.31. The molecule has 176 valence electrons. The van der Waals surface area contributed by atoms with Crippen LogP contribution in [0.2, 0.25) is 0 Å². The van der Waals surface area contributed by atoms with Gasteiger partial charge < -0.3 is 10.1 Å². The molecule has 1 atom stereocenters. The highest BCUT2D eigenvalue weighted by Crippen LogP contribution is 2.32. The van der Waals surface area contributed by atoms with Gasteiger partial charge in [-0.05, 0) is 67.8 Å². The number of hydrogen-bond donors (Lipinski definition) is 1. The molecule has 0 aromatic heterocycles. The molecule has 0 bridgehead atoms. The molecule has 3 aromatic carbocycles. The largest absolute Gasteiger partial charge is 0.449 e. The Morgan fingerprint density at radius 1 is 1.06 bits per heavy atom. The minimum Gasteiger partial charge on any atom is -0.449 e. The van der Waals surface area contributed by atoms with Crippen LogP contribution in [-0.4, -0.2) is 32.9 Å². The smallest absolute Gasteiger partial charge is 0.338 e. The van der Waals surface area contributed by atoms with E-state index in [9.17, 15) is 22.4 Å². The summed E-state index contributed by atoms with van der Waals surface area (Å²) in [5.41, 5.74) is 2.22. The molecule has 1 aliphatic heterocycles. The molecule has 1 heterocycles. The fourth-order valence-corrected chi connectivity index (χ4v) is 5.21. The summed E-state index contributed by atoms with van der Waals surface area (Å²) in [5.74, 6) is -1.97. The number of anilines is 2. The summed E-state index contributed by atoms with van der Waals surface area (Å²) in [4.78, 5) is 25.0. The van der Waals surface area contributed by atoms with Crippen molar-refractivity contribution >= 4 is 33.3 Å². The van der Waals surface area contributed by atoms with Gasteiger partial charge in [0.1, 0.15) is 5.82 Å². The molecule has 0 saturated carbocycles. The average Bonchev–Trinajstić information content (AvgIpc) is 3.26. The van der Waals surface area contributed by atoms with E-state index in [4.69, 9.17) is 4.74 Å². The minimum atomic E-state index is -3.89. The molecule has 1 N–H and O–H groups in total. The summed E-state index contributed by atoms with van der Waals surface area (Å²) in [6.07, 6.45) is -0.586. The zero-order valence-electron chi connectivity index (χ0n) is 18.6. The Balaban J connectivity index is 1.47. The zero-order chi connectivity index (χ0) is 24.5. The fraction of sp³-hybridized carbons (Fsp3) is 0.200. The van der Waals surface area contributed by atoms with Crippen LogP contribution in [0.15, 0.2) is 71.6 Å².